The van der Waals surface area contributed by atoms with Crippen molar-refractivity contribution in [2.75, 3.05) is 33.0 Å². The van der Waals surface area contributed by atoms with Crippen molar-refractivity contribution in [3.63, 3.8) is 0 Å². The van der Waals surface area contributed by atoms with E-state index in [2.05, 4.69) is 86.8 Å². The Balaban J connectivity index is 4.01. The molecule has 0 heterocycles. The van der Waals surface area contributed by atoms with E-state index in [1.54, 1.807) is 0 Å². The number of allylic oxidation sites excluding steroid dienone is 12. The quantitative estimate of drug-likeness (QED) is 0.0269. The lowest BCUT2D eigenvalue weighted by atomic mass is 10.1. The molecule has 0 spiro atoms. The van der Waals surface area contributed by atoms with E-state index >= 15 is 0 Å². The summed E-state index contributed by atoms with van der Waals surface area (Å²) in [5.74, 6) is -0.344. The summed E-state index contributed by atoms with van der Waals surface area (Å²) >= 11 is 0. The minimum atomic E-state index is -4.29. The fourth-order valence-electron chi connectivity index (χ4n) is 6.37. The molecular formula is C50H90NO7P. The number of rotatable bonds is 45. The average molecular weight is 848 g/mol. The van der Waals surface area contributed by atoms with Crippen molar-refractivity contribution in [2.24, 2.45) is 5.73 Å². The Hall–Kier alpha value is -2.06. The Morgan fingerprint density at radius 3 is 1.44 bits per heavy atom. The summed E-state index contributed by atoms with van der Waals surface area (Å²) in [5, 5.41) is 0. The van der Waals surface area contributed by atoms with Crippen LogP contribution in [-0.2, 0) is 27.9 Å². The summed E-state index contributed by atoms with van der Waals surface area (Å²) in [5.41, 5.74) is 5.38. The summed E-state index contributed by atoms with van der Waals surface area (Å²) in [6.45, 7) is 4.77. The molecule has 0 rings (SSSR count). The van der Waals surface area contributed by atoms with Gasteiger partial charge in [-0.2, -0.15) is 0 Å². The van der Waals surface area contributed by atoms with Crippen LogP contribution in [0.4, 0.5) is 0 Å². The van der Waals surface area contributed by atoms with Gasteiger partial charge < -0.3 is 20.1 Å². The van der Waals surface area contributed by atoms with Gasteiger partial charge in [-0.05, 0) is 83.5 Å². The van der Waals surface area contributed by atoms with Crippen LogP contribution in [0.15, 0.2) is 72.9 Å². The topological polar surface area (TPSA) is 117 Å². The number of phosphoric acid groups is 1. The molecule has 0 aliphatic rings. The molecule has 0 aliphatic heterocycles. The van der Waals surface area contributed by atoms with Gasteiger partial charge in [-0.15, -0.1) is 0 Å². The second kappa shape index (κ2) is 47.0. The lowest BCUT2D eigenvalue weighted by molar-refractivity contribution is -0.154. The monoisotopic (exact) mass is 848 g/mol. The average Bonchev–Trinajstić information content (AvgIpc) is 3.23. The fraction of sp³-hybridized carbons (Fsp3) is 0.740. The highest BCUT2D eigenvalue weighted by molar-refractivity contribution is 7.47. The fourth-order valence-corrected chi connectivity index (χ4v) is 7.14. The third-order valence-corrected chi connectivity index (χ3v) is 10.8. The van der Waals surface area contributed by atoms with Crippen molar-refractivity contribution in [1.82, 2.24) is 0 Å². The van der Waals surface area contributed by atoms with Gasteiger partial charge in [-0.25, -0.2) is 4.57 Å². The second-order valence-electron chi connectivity index (χ2n) is 15.6. The third kappa shape index (κ3) is 46.9. The molecule has 2 unspecified atom stereocenters. The maximum absolute atomic E-state index is 12.6. The summed E-state index contributed by atoms with van der Waals surface area (Å²) < 4.78 is 33.5. The smallest absolute Gasteiger partial charge is 0.457 e. The number of carbonyl (C=O) groups is 1. The van der Waals surface area contributed by atoms with Crippen LogP contribution in [0.1, 0.15) is 200 Å². The molecule has 0 aliphatic carbocycles. The SMILES string of the molecule is CC/C=C\C/C=C\C/C=C\C/C=C\C/C=C\CCCCCCCCCCOCC(COP(=O)(O)OCCN)OC(=O)CCCCCCC/C=C\CCCCCCCCC. The number of unbranched alkanes of at least 4 members (excludes halogenated alkanes) is 20. The normalized spacial score (nSPS) is 14.0. The van der Waals surface area contributed by atoms with Crippen molar-refractivity contribution in [2.45, 2.75) is 206 Å². The first-order chi connectivity index (χ1) is 28.9. The van der Waals surface area contributed by atoms with Gasteiger partial charge in [-0.3, -0.25) is 13.8 Å². The Kier molecular flexibility index (Phi) is 45.4. The number of esters is 1. The molecule has 2 atom stereocenters. The van der Waals surface area contributed by atoms with E-state index in [4.69, 9.17) is 24.3 Å². The molecule has 0 fully saturated rings. The summed E-state index contributed by atoms with van der Waals surface area (Å²) in [4.78, 5) is 22.5. The molecule has 342 valence electrons. The van der Waals surface area contributed by atoms with Crippen LogP contribution in [0.25, 0.3) is 0 Å². The lowest BCUT2D eigenvalue weighted by Gasteiger charge is -2.20. The maximum Gasteiger partial charge on any atom is 0.472 e. The molecule has 0 aromatic heterocycles. The van der Waals surface area contributed by atoms with Crippen LogP contribution in [-0.4, -0.2) is 49.9 Å². The van der Waals surface area contributed by atoms with E-state index in [0.717, 1.165) is 83.5 Å². The predicted octanol–water partition coefficient (Wildman–Crippen LogP) is 14.7. The molecule has 0 saturated heterocycles. The highest BCUT2D eigenvalue weighted by Crippen LogP contribution is 2.43. The first-order valence-electron chi connectivity index (χ1n) is 23.9. The zero-order chi connectivity index (χ0) is 43.0. The number of nitrogens with two attached hydrogens (primary N) is 1. The van der Waals surface area contributed by atoms with E-state index in [0.29, 0.717) is 13.0 Å². The van der Waals surface area contributed by atoms with Gasteiger partial charge in [0.1, 0.15) is 6.10 Å². The molecular weight excluding hydrogens is 758 g/mol. The van der Waals surface area contributed by atoms with Gasteiger partial charge in [0, 0.05) is 19.6 Å². The standard InChI is InChI=1S/C50H90NO7P/c1-3-5-7-9-11-13-15-17-19-21-22-23-24-25-26-27-28-30-32-34-36-38-40-42-45-55-47-49(48-57-59(53,54)56-46-44-51)58-50(52)43-41-39-37-35-33-31-29-20-18-16-14-12-10-8-6-4-2/h5,7,11,13,17,19-20,22-23,25-26,29,49H,3-4,6,8-10,12,14-16,18,21,24,27-28,30-48,51H2,1-2H3,(H,53,54)/b7-5-,13-11-,19-17-,23-22-,26-25-,29-20-. The Morgan fingerprint density at radius 2 is 0.949 bits per heavy atom. The number of phosphoric ester groups is 1. The van der Waals surface area contributed by atoms with Crippen molar-refractivity contribution in [3.8, 4) is 0 Å². The van der Waals surface area contributed by atoms with Crippen molar-refractivity contribution in [3.05, 3.63) is 72.9 Å². The number of hydrogen-bond acceptors (Lipinski definition) is 7. The summed E-state index contributed by atoms with van der Waals surface area (Å²) in [6.07, 6.45) is 59.2. The van der Waals surface area contributed by atoms with Gasteiger partial charge in [0.2, 0.25) is 0 Å². The predicted molar refractivity (Wildman–Crippen MR) is 252 cm³/mol. The van der Waals surface area contributed by atoms with Crippen LogP contribution < -0.4 is 5.73 Å². The number of carbonyl (C=O) groups excluding carboxylic acids is 1. The first kappa shape index (κ1) is 56.9. The maximum atomic E-state index is 12.6. The third-order valence-electron chi connectivity index (χ3n) is 9.86. The van der Waals surface area contributed by atoms with Crippen molar-refractivity contribution < 1.29 is 32.8 Å². The molecule has 8 nitrogen and oxygen atoms in total. The van der Waals surface area contributed by atoms with E-state index in [-0.39, 0.29) is 32.3 Å². The molecule has 0 aromatic carbocycles. The highest BCUT2D eigenvalue weighted by atomic mass is 31.2. The molecule has 0 amide bonds. The molecule has 0 saturated carbocycles. The minimum absolute atomic E-state index is 0.0945. The molecule has 0 aromatic rings. The van der Waals surface area contributed by atoms with Gasteiger partial charge >= 0.3 is 13.8 Å². The van der Waals surface area contributed by atoms with Crippen molar-refractivity contribution in [1.29, 1.82) is 0 Å². The Bertz CT molecular complexity index is 1130. The van der Waals surface area contributed by atoms with E-state index in [1.165, 1.54) is 96.3 Å². The van der Waals surface area contributed by atoms with Crippen LogP contribution in [0.5, 0.6) is 0 Å². The van der Waals surface area contributed by atoms with Crippen LogP contribution in [0.2, 0.25) is 0 Å². The van der Waals surface area contributed by atoms with Gasteiger partial charge in [0.15, 0.2) is 0 Å². The van der Waals surface area contributed by atoms with Crippen LogP contribution in [0, 0.1) is 0 Å². The molecule has 9 heteroatoms. The zero-order valence-electron chi connectivity index (χ0n) is 38.0. The number of hydrogen-bond donors (Lipinski definition) is 2. The first-order valence-corrected chi connectivity index (χ1v) is 25.4. The van der Waals surface area contributed by atoms with Crippen LogP contribution >= 0.6 is 7.82 Å². The molecule has 0 bridgehead atoms. The highest BCUT2D eigenvalue weighted by Gasteiger charge is 2.25. The van der Waals surface area contributed by atoms with Crippen molar-refractivity contribution >= 4 is 13.8 Å². The minimum Gasteiger partial charge on any atom is -0.457 e. The van der Waals surface area contributed by atoms with Gasteiger partial charge in [0.05, 0.1) is 19.8 Å². The molecule has 3 N–H and O–H groups in total. The van der Waals surface area contributed by atoms with E-state index in [9.17, 15) is 14.3 Å². The Morgan fingerprint density at radius 1 is 0.525 bits per heavy atom. The van der Waals surface area contributed by atoms with Crippen LogP contribution in [0.3, 0.4) is 0 Å². The number of ether oxygens (including phenoxy) is 2. The van der Waals surface area contributed by atoms with E-state index < -0.39 is 13.9 Å². The molecule has 59 heavy (non-hydrogen) atoms. The Labute approximate surface area is 363 Å². The second-order valence-corrected chi connectivity index (χ2v) is 17.0. The lowest BCUT2D eigenvalue weighted by Crippen LogP contribution is -2.28. The van der Waals surface area contributed by atoms with Gasteiger partial charge in [-0.1, -0.05) is 183 Å². The largest absolute Gasteiger partial charge is 0.472 e. The van der Waals surface area contributed by atoms with Gasteiger partial charge in [0.25, 0.3) is 0 Å². The summed E-state index contributed by atoms with van der Waals surface area (Å²) in [7, 11) is -4.29. The zero-order valence-corrected chi connectivity index (χ0v) is 38.9. The summed E-state index contributed by atoms with van der Waals surface area (Å²) in [6, 6.07) is 0. The molecule has 0 radical (unpaired) electrons. The van der Waals surface area contributed by atoms with E-state index in [1.807, 2.05) is 0 Å².